The molecule has 0 aromatic carbocycles. The van der Waals surface area contributed by atoms with E-state index in [1.807, 2.05) is 0 Å². The first kappa shape index (κ1) is 56.8. The van der Waals surface area contributed by atoms with Crippen LogP contribution >= 0.6 is 0 Å². The summed E-state index contributed by atoms with van der Waals surface area (Å²) in [5, 5.41) is 43.6. The van der Waals surface area contributed by atoms with Crippen LogP contribution in [0.3, 0.4) is 0 Å². The Kier molecular flexibility index (Phi) is 45.9. The molecular weight excluding hydrogens is 719 g/mol. The Hall–Kier alpha value is -1.21. The molecule has 0 aliphatic heterocycles. The Bertz CT molecular complexity index is 878. The van der Waals surface area contributed by atoms with Gasteiger partial charge in [-0.2, -0.15) is 0 Å². The molecule has 344 valence electrons. The van der Waals surface area contributed by atoms with Crippen LogP contribution in [0.5, 0.6) is 0 Å². The minimum atomic E-state index is -1.28. The summed E-state index contributed by atoms with van der Waals surface area (Å²) in [4.78, 5) is 12.5. The van der Waals surface area contributed by atoms with Crippen LogP contribution < -0.4 is 5.32 Å². The fourth-order valence-corrected chi connectivity index (χ4v) is 8.03. The highest BCUT2D eigenvalue weighted by Crippen LogP contribution is 2.17. The Morgan fingerprint density at radius 3 is 1.09 bits per heavy atom. The Morgan fingerprint density at radius 2 is 0.724 bits per heavy atom. The summed E-state index contributed by atoms with van der Waals surface area (Å²) in [6.07, 6.45) is 55.6. The first-order chi connectivity index (χ1) is 28.5. The smallest absolute Gasteiger partial charge is 0.249 e. The molecule has 0 spiro atoms. The van der Waals surface area contributed by atoms with E-state index in [2.05, 4.69) is 43.5 Å². The zero-order valence-electron chi connectivity index (χ0n) is 38.8. The zero-order valence-corrected chi connectivity index (χ0v) is 38.8. The lowest BCUT2D eigenvalue weighted by Crippen LogP contribution is -2.53. The number of unbranched alkanes of at least 4 members (excludes halogenated alkanes) is 34. The zero-order chi connectivity index (χ0) is 42.4. The van der Waals surface area contributed by atoms with Crippen molar-refractivity contribution < 1.29 is 25.2 Å². The van der Waals surface area contributed by atoms with Gasteiger partial charge in [-0.15, -0.1) is 0 Å². The van der Waals surface area contributed by atoms with Crippen LogP contribution in [-0.4, -0.2) is 57.3 Å². The molecule has 58 heavy (non-hydrogen) atoms. The minimum Gasteiger partial charge on any atom is -0.394 e. The van der Waals surface area contributed by atoms with Crippen LogP contribution in [-0.2, 0) is 4.79 Å². The molecule has 0 saturated carbocycles. The normalized spacial score (nSPS) is 14.1. The topological polar surface area (TPSA) is 110 Å². The van der Waals surface area contributed by atoms with Gasteiger partial charge in [-0.25, -0.2) is 0 Å². The second-order valence-electron chi connectivity index (χ2n) is 17.9. The average molecular weight is 820 g/mol. The summed E-state index contributed by atoms with van der Waals surface area (Å²) in [6, 6.07) is -1.00. The van der Waals surface area contributed by atoms with E-state index in [9.17, 15) is 25.2 Å². The summed E-state index contributed by atoms with van der Waals surface area (Å²) < 4.78 is 0. The van der Waals surface area contributed by atoms with E-state index < -0.39 is 36.9 Å². The number of hydrogen-bond acceptors (Lipinski definition) is 5. The van der Waals surface area contributed by atoms with Crippen LogP contribution in [0.2, 0.25) is 0 Å². The maximum Gasteiger partial charge on any atom is 0.249 e. The van der Waals surface area contributed by atoms with Crippen LogP contribution in [0.1, 0.15) is 271 Å². The molecule has 0 aromatic heterocycles. The van der Waals surface area contributed by atoms with Gasteiger partial charge in [0.05, 0.1) is 18.8 Å². The Morgan fingerprint density at radius 1 is 0.414 bits per heavy atom. The molecule has 5 N–H and O–H groups in total. The lowest BCUT2D eigenvalue weighted by Gasteiger charge is -2.27. The van der Waals surface area contributed by atoms with Crippen molar-refractivity contribution in [1.29, 1.82) is 0 Å². The number of aliphatic hydroxyl groups is 4. The molecule has 0 radical (unpaired) electrons. The number of aliphatic hydroxyl groups excluding tert-OH is 4. The molecular formula is C52H101NO5. The summed E-state index contributed by atoms with van der Waals surface area (Å²) in [6.45, 7) is 4.00. The van der Waals surface area contributed by atoms with E-state index in [1.165, 1.54) is 186 Å². The number of nitrogens with one attached hydrogen (secondary N) is 1. The van der Waals surface area contributed by atoms with Crippen molar-refractivity contribution in [2.45, 2.75) is 295 Å². The molecule has 0 saturated heterocycles. The maximum atomic E-state index is 12.5. The van der Waals surface area contributed by atoms with Crippen molar-refractivity contribution in [1.82, 2.24) is 5.32 Å². The fraction of sp³-hybridized carbons (Fsp3) is 0.904. The maximum absolute atomic E-state index is 12.5. The van der Waals surface area contributed by atoms with Crippen molar-refractivity contribution in [3.63, 3.8) is 0 Å². The van der Waals surface area contributed by atoms with E-state index >= 15 is 0 Å². The fourth-order valence-electron chi connectivity index (χ4n) is 8.03. The summed E-state index contributed by atoms with van der Waals surface area (Å²) in [5.74, 6) is -0.603. The predicted molar refractivity (Wildman–Crippen MR) is 251 cm³/mol. The van der Waals surface area contributed by atoms with Gasteiger partial charge in [0, 0.05) is 0 Å². The van der Waals surface area contributed by atoms with Gasteiger partial charge in [-0.05, 0) is 57.8 Å². The van der Waals surface area contributed by atoms with Gasteiger partial charge in [-0.1, -0.05) is 237 Å². The molecule has 0 heterocycles. The van der Waals surface area contributed by atoms with Crippen LogP contribution in [0.4, 0.5) is 0 Å². The lowest BCUT2D eigenvalue weighted by molar-refractivity contribution is -0.132. The van der Waals surface area contributed by atoms with Gasteiger partial charge in [0.2, 0.25) is 5.91 Å². The molecule has 0 rings (SSSR count). The molecule has 0 fully saturated rings. The minimum absolute atomic E-state index is 0.348. The Balaban J connectivity index is 3.56. The third-order valence-electron chi connectivity index (χ3n) is 12.1. The van der Waals surface area contributed by atoms with Gasteiger partial charge < -0.3 is 25.7 Å². The molecule has 4 unspecified atom stereocenters. The van der Waals surface area contributed by atoms with Crippen molar-refractivity contribution in [2.24, 2.45) is 0 Å². The van der Waals surface area contributed by atoms with Gasteiger partial charge >= 0.3 is 0 Å². The number of carbonyl (C=O) groups is 1. The summed E-state index contributed by atoms with van der Waals surface area (Å²) >= 11 is 0. The van der Waals surface area contributed by atoms with E-state index in [4.69, 9.17) is 0 Å². The first-order valence-electron chi connectivity index (χ1n) is 25.7. The summed E-state index contributed by atoms with van der Waals surface area (Å²) in [7, 11) is 0. The SMILES string of the molecule is CCCC/C=C\CCCCCCC(O)C(=O)NC(CO)C(O)C(O)CCC/C=C/CCCCCCCCCCCCCCCCCCCCCCCCCCCCC. The molecule has 6 heteroatoms. The highest BCUT2D eigenvalue weighted by Gasteiger charge is 2.28. The molecule has 0 aliphatic rings. The van der Waals surface area contributed by atoms with Crippen molar-refractivity contribution in [2.75, 3.05) is 6.61 Å². The van der Waals surface area contributed by atoms with E-state index in [0.29, 0.717) is 12.8 Å². The van der Waals surface area contributed by atoms with Crippen molar-refractivity contribution in [3.05, 3.63) is 24.3 Å². The number of amides is 1. The number of rotatable bonds is 47. The monoisotopic (exact) mass is 820 g/mol. The van der Waals surface area contributed by atoms with Crippen LogP contribution in [0.15, 0.2) is 24.3 Å². The van der Waals surface area contributed by atoms with Crippen LogP contribution in [0.25, 0.3) is 0 Å². The lowest BCUT2D eigenvalue weighted by atomic mass is 10.00. The second-order valence-corrected chi connectivity index (χ2v) is 17.9. The van der Waals surface area contributed by atoms with E-state index in [-0.39, 0.29) is 0 Å². The predicted octanol–water partition coefficient (Wildman–Crippen LogP) is 14.3. The molecule has 1 amide bonds. The number of allylic oxidation sites excluding steroid dienone is 4. The molecule has 0 aliphatic carbocycles. The van der Waals surface area contributed by atoms with E-state index in [1.54, 1.807) is 0 Å². The van der Waals surface area contributed by atoms with Gasteiger partial charge in [0.15, 0.2) is 0 Å². The molecule has 0 bridgehead atoms. The highest BCUT2D eigenvalue weighted by atomic mass is 16.3. The quantitative estimate of drug-likeness (QED) is 0.0310. The molecule has 4 atom stereocenters. The van der Waals surface area contributed by atoms with Crippen LogP contribution in [0, 0.1) is 0 Å². The van der Waals surface area contributed by atoms with Gasteiger partial charge in [0.25, 0.3) is 0 Å². The van der Waals surface area contributed by atoms with Crippen molar-refractivity contribution >= 4 is 5.91 Å². The van der Waals surface area contributed by atoms with Gasteiger partial charge in [-0.3, -0.25) is 4.79 Å². The highest BCUT2D eigenvalue weighted by molar-refractivity contribution is 5.80. The largest absolute Gasteiger partial charge is 0.394 e. The third-order valence-corrected chi connectivity index (χ3v) is 12.1. The third kappa shape index (κ3) is 40.2. The van der Waals surface area contributed by atoms with E-state index in [0.717, 1.165) is 57.8 Å². The number of carbonyl (C=O) groups excluding carboxylic acids is 1. The Labute approximate surface area is 361 Å². The molecule has 6 nitrogen and oxygen atoms in total. The van der Waals surface area contributed by atoms with Gasteiger partial charge in [0.1, 0.15) is 12.2 Å². The van der Waals surface area contributed by atoms with Crippen molar-refractivity contribution in [3.8, 4) is 0 Å². The molecule has 0 aromatic rings. The average Bonchev–Trinajstić information content (AvgIpc) is 3.23. The second kappa shape index (κ2) is 46.8. The summed E-state index contributed by atoms with van der Waals surface area (Å²) in [5.41, 5.74) is 0. The first-order valence-corrected chi connectivity index (χ1v) is 25.7. The standard InChI is InChI=1S/C52H101NO5/c1-3-5-7-9-11-13-15-16-17-18-19-20-21-22-23-24-25-26-27-28-29-30-31-32-33-34-35-36-38-39-41-43-45-49(55)51(57)48(47-54)53-52(58)50(56)46-44-42-40-37-14-12-10-8-6-4-2/h10,12,38-39,48-51,54-57H,3-9,11,13-37,40-47H2,1-2H3,(H,53,58)/b12-10-,39-38+. The number of hydrogen-bond donors (Lipinski definition) is 5.